The molecule has 1 aliphatic heterocycles. The van der Waals surface area contributed by atoms with Crippen LogP contribution >= 0.6 is 23.2 Å². The molecule has 3 N–H and O–H groups in total. The van der Waals surface area contributed by atoms with Crippen LogP contribution in [0.15, 0.2) is 36.8 Å². The largest absolute Gasteiger partial charge is 0.471 e. The van der Waals surface area contributed by atoms with E-state index in [1.807, 2.05) is 19.1 Å². The van der Waals surface area contributed by atoms with Crippen molar-refractivity contribution in [2.24, 2.45) is 5.73 Å². The van der Waals surface area contributed by atoms with Crippen molar-refractivity contribution < 1.29 is 14.2 Å². The number of nitrogens with two attached hydrogens (primary N) is 1. The molecule has 9 nitrogen and oxygen atoms in total. The summed E-state index contributed by atoms with van der Waals surface area (Å²) in [6.07, 6.45) is 4.29. The van der Waals surface area contributed by atoms with E-state index in [0.29, 0.717) is 51.4 Å². The third-order valence-electron chi connectivity index (χ3n) is 5.70. The fourth-order valence-corrected chi connectivity index (χ4v) is 4.49. The zero-order valence-electron chi connectivity index (χ0n) is 18.6. The molecule has 1 aliphatic rings. The number of H-pyrrole nitrogens is 1. The van der Waals surface area contributed by atoms with Crippen molar-refractivity contribution in [1.82, 2.24) is 20.2 Å². The second kappa shape index (κ2) is 9.68. The third kappa shape index (κ3) is 4.61. The van der Waals surface area contributed by atoms with Gasteiger partial charge in [-0.2, -0.15) is 10.4 Å². The number of fused-ring (bicyclic) bond motifs is 1. The highest BCUT2D eigenvalue weighted by Crippen LogP contribution is 2.36. The molecular weight excluding hydrogens is 491 g/mol. The molecule has 4 heterocycles. The Morgan fingerprint density at radius 2 is 2.03 bits per heavy atom. The second-order valence-electron chi connectivity index (χ2n) is 8.08. The van der Waals surface area contributed by atoms with Gasteiger partial charge in [-0.1, -0.05) is 23.2 Å². The SMILES string of the molecule is Cc1cc2[nH]nc(-c3cnc(O[C@@H]4CCOC4)c(C#N)c3)c2cc1O[C@H](N)c1c(Cl)cncc1Cl. The predicted molar refractivity (Wildman–Crippen MR) is 130 cm³/mol. The Morgan fingerprint density at radius 3 is 2.74 bits per heavy atom. The maximum atomic E-state index is 9.67. The summed E-state index contributed by atoms with van der Waals surface area (Å²) in [7, 11) is 0. The Morgan fingerprint density at radius 1 is 1.23 bits per heavy atom. The summed E-state index contributed by atoms with van der Waals surface area (Å²) in [5.74, 6) is 0.815. The monoisotopic (exact) mass is 510 g/mol. The summed E-state index contributed by atoms with van der Waals surface area (Å²) in [5, 5.41) is 18.5. The van der Waals surface area contributed by atoms with Crippen molar-refractivity contribution in [2.75, 3.05) is 13.2 Å². The molecule has 5 rings (SSSR count). The molecule has 1 fully saturated rings. The molecule has 1 saturated heterocycles. The van der Waals surface area contributed by atoms with Gasteiger partial charge in [0.05, 0.1) is 28.8 Å². The minimum absolute atomic E-state index is 0.110. The molecule has 0 aliphatic carbocycles. The average molecular weight is 511 g/mol. The molecule has 35 heavy (non-hydrogen) atoms. The maximum absolute atomic E-state index is 9.67. The molecule has 0 saturated carbocycles. The predicted octanol–water partition coefficient (Wildman–Crippen LogP) is 4.71. The first-order valence-electron chi connectivity index (χ1n) is 10.8. The standard InChI is InChI=1S/C24H20Cl2N6O3/c1-12-4-19-16(6-20(12)35-23(28)21-17(25)9-29-10-18(21)26)22(32-31-19)14-5-13(7-27)24(30-8-14)34-15-2-3-33-11-15/h4-6,8-10,15,23H,2-3,11,28H2,1H3,(H,31,32)/t15-,23+/m1/s1. The van der Waals surface area contributed by atoms with E-state index < -0.39 is 6.23 Å². The van der Waals surface area contributed by atoms with Gasteiger partial charge in [-0.15, -0.1) is 0 Å². The number of nitrogens with one attached hydrogen (secondary N) is 1. The molecular formula is C24H20Cl2N6O3. The van der Waals surface area contributed by atoms with Crippen LogP contribution in [-0.4, -0.2) is 39.5 Å². The van der Waals surface area contributed by atoms with Crippen LogP contribution in [0.25, 0.3) is 22.2 Å². The zero-order chi connectivity index (χ0) is 24.5. The Balaban J connectivity index is 1.48. The molecule has 0 amide bonds. The van der Waals surface area contributed by atoms with Gasteiger partial charge in [-0.3, -0.25) is 15.8 Å². The molecule has 0 spiro atoms. The van der Waals surface area contributed by atoms with E-state index in [1.54, 1.807) is 12.3 Å². The highest BCUT2D eigenvalue weighted by atomic mass is 35.5. The molecule has 2 atom stereocenters. The fourth-order valence-electron chi connectivity index (χ4n) is 3.91. The van der Waals surface area contributed by atoms with Crippen molar-refractivity contribution in [3.8, 4) is 29.0 Å². The van der Waals surface area contributed by atoms with Gasteiger partial charge in [-0.25, -0.2) is 4.98 Å². The van der Waals surface area contributed by atoms with Gasteiger partial charge in [-0.05, 0) is 30.7 Å². The number of nitriles is 1. The zero-order valence-corrected chi connectivity index (χ0v) is 20.1. The maximum Gasteiger partial charge on any atom is 0.232 e. The summed E-state index contributed by atoms with van der Waals surface area (Å²) in [4.78, 5) is 8.33. The molecule has 178 valence electrons. The Bertz CT molecular complexity index is 1430. The van der Waals surface area contributed by atoms with Gasteiger partial charge in [0.2, 0.25) is 5.88 Å². The second-order valence-corrected chi connectivity index (χ2v) is 8.90. The number of aryl methyl sites for hydroxylation is 1. The summed E-state index contributed by atoms with van der Waals surface area (Å²) in [6, 6.07) is 7.60. The van der Waals surface area contributed by atoms with Crippen LogP contribution in [0, 0.1) is 18.3 Å². The highest BCUT2D eigenvalue weighted by molar-refractivity contribution is 6.35. The van der Waals surface area contributed by atoms with Gasteiger partial charge in [0.1, 0.15) is 29.2 Å². The summed E-state index contributed by atoms with van der Waals surface area (Å²) in [6.45, 7) is 3.02. The van der Waals surface area contributed by atoms with Crippen LogP contribution in [-0.2, 0) is 4.74 Å². The number of rotatable bonds is 6. The number of nitrogens with zero attached hydrogens (tertiary/aromatic N) is 4. The molecule has 1 aromatic carbocycles. The lowest BCUT2D eigenvalue weighted by Gasteiger charge is -2.18. The van der Waals surface area contributed by atoms with Crippen molar-refractivity contribution in [3.63, 3.8) is 0 Å². The van der Waals surface area contributed by atoms with Gasteiger partial charge < -0.3 is 14.2 Å². The van der Waals surface area contributed by atoms with E-state index in [2.05, 4.69) is 26.2 Å². The molecule has 0 unspecified atom stereocenters. The van der Waals surface area contributed by atoms with Gasteiger partial charge >= 0.3 is 0 Å². The van der Waals surface area contributed by atoms with Crippen LogP contribution in [0.5, 0.6) is 11.6 Å². The van der Waals surface area contributed by atoms with E-state index >= 15 is 0 Å². The Kier molecular flexibility index (Phi) is 6.45. The third-order valence-corrected chi connectivity index (χ3v) is 6.30. The molecule has 11 heteroatoms. The first-order valence-corrected chi connectivity index (χ1v) is 11.5. The number of benzene rings is 1. The van der Waals surface area contributed by atoms with Crippen LogP contribution in [0.1, 0.15) is 29.3 Å². The van der Waals surface area contributed by atoms with Crippen molar-refractivity contribution in [1.29, 1.82) is 5.26 Å². The number of aromatic amines is 1. The van der Waals surface area contributed by atoms with E-state index in [1.165, 1.54) is 12.4 Å². The topological polar surface area (TPSA) is 132 Å². The van der Waals surface area contributed by atoms with Crippen LogP contribution in [0.2, 0.25) is 10.0 Å². The summed E-state index contributed by atoms with van der Waals surface area (Å²) >= 11 is 12.5. The van der Waals surface area contributed by atoms with Gasteiger partial charge in [0.15, 0.2) is 6.23 Å². The highest BCUT2D eigenvalue weighted by Gasteiger charge is 2.22. The fraction of sp³-hybridized carbons (Fsp3) is 0.250. The van der Waals surface area contributed by atoms with E-state index in [-0.39, 0.29) is 12.0 Å². The van der Waals surface area contributed by atoms with Gasteiger partial charge in [0, 0.05) is 41.5 Å². The van der Waals surface area contributed by atoms with E-state index in [9.17, 15) is 5.26 Å². The first kappa shape index (κ1) is 23.3. The first-order chi connectivity index (χ1) is 16.9. The number of ether oxygens (including phenoxy) is 3. The summed E-state index contributed by atoms with van der Waals surface area (Å²) < 4.78 is 17.2. The smallest absolute Gasteiger partial charge is 0.232 e. The normalized spacial score (nSPS) is 16.3. The Hall–Kier alpha value is -3.42. The lowest BCUT2D eigenvalue weighted by atomic mass is 10.1. The van der Waals surface area contributed by atoms with Crippen molar-refractivity contribution in [2.45, 2.75) is 25.7 Å². The number of pyridine rings is 2. The van der Waals surface area contributed by atoms with E-state index in [4.69, 9.17) is 43.1 Å². The number of hydrogen-bond acceptors (Lipinski definition) is 8. The number of halogens is 2. The van der Waals surface area contributed by atoms with Gasteiger partial charge in [0.25, 0.3) is 0 Å². The molecule has 4 aromatic rings. The minimum atomic E-state index is -0.910. The average Bonchev–Trinajstić information content (AvgIpc) is 3.49. The molecule has 0 bridgehead atoms. The van der Waals surface area contributed by atoms with E-state index in [0.717, 1.165) is 22.9 Å². The van der Waals surface area contributed by atoms with Crippen LogP contribution < -0.4 is 15.2 Å². The van der Waals surface area contributed by atoms with Crippen LogP contribution in [0.4, 0.5) is 0 Å². The lowest BCUT2D eigenvalue weighted by molar-refractivity contribution is 0.138. The Labute approximate surface area is 210 Å². The molecule has 0 radical (unpaired) electrons. The van der Waals surface area contributed by atoms with Crippen molar-refractivity contribution >= 4 is 34.1 Å². The minimum Gasteiger partial charge on any atom is -0.471 e. The van der Waals surface area contributed by atoms with Crippen LogP contribution in [0.3, 0.4) is 0 Å². The summed E-state index contributed by atoms with van der Waals surface area (Å²) in [5.41, 5.74) is 9.93. The quantitative estimate of drug-likeness (QED) is 0.356. The number of hydrogen-bond donors (Lipinski definition) is 2. The molecule has 3 aromatic heterocycles. The lowest BCUT2D eigenvalue weighted by Crippen LogP contribution is -2.19. The number of aromatic nitrogens is 4. The van der Waals surface area contributed by atoms with Crippen molar-refractivity contribution in [3.05, 3.63) is 63.5 Å².